The lowest BCUT2D eigenvalue weighted by atomic mass is 9.98. The Morgan fingerprint density at radius 3 is 2.59 bits per heavy atom. The van der Waals surface area contributed by atoms with Crippen LogP contribution in [0.15, 0.2) is 60.6 Å². The predicted molar refractivity (Wildman–Crippen MR) is 130 cm³/mol. The van der Waals surface area contributed by atoms with Gasteiger partial charge in [-0.2, -0.15) is 0 Å². The topological polar surface area (TPSA) is 118 Å². The minimum Gasteiger partial charge on any atom is -0.439 e. The normalized spacial score (nSPS) is 21.1. The molecule has 0 spiro atoms. The van der Waals surface area contributed by atoms with Gasteiger partial charge in [0, 0.05) is 57.2 Å². The molecule has 1 atom stereocenters. The summed E-state index contributed by atoms with van der Waals surface area (Å²) in [7, 11) is 1.72. The van der Waals surface area contributed by atoms with Crippen LogP contribution in [0, 0.1) is 0 Å². The molecule has 10 heteroatoms. The first kappa shape index (κ1) is 23.7. The predicted octanol–water partition coefficient (Wildman–Crippen LogP) is 2.80. The number of hydrogen-bond donors (Lipinski definition) is 3. The van der Waals surface area contributed by atoms with E-state index in [-0.39, 0.29) is 6.03 Å². The highest BCUT2D eigenvalue weighted by Crippen LogP contribution is 2.30. The number of amides is 2. The van der Waals surface area contributed by atoms with Crippen LogP contribution in [0.2, 0.25) is 0 Å². The van der Waals surface area contributed by atoms with Crippen molar-refractivity contribution in [3.8, 4) is 11.6 Å². The van der Waals surface area contributed by atoms with E-state index in [1.807, 2.05) is 12.2 Å². The number of carbonyl (C=O) groups excluding carboxylic acids is 1. The Morgan fingerprint density at radius 1 is 1.15 bits per heavy atom. The molecule has 1 saturated heterocycles. The van der Waals surface area contributed by atoms with Crippen LogP contribution in [0.1, 0.15) is 13.3 Å². The van der Waals surface area contributed by atoms with Crippen LogP contribution >= 0.6 is 0 Å². The molecular weight excluding hydrogens is 434 g/mol. The number of piperazine rings is 1. The number of urea groups is 1. The number of carbonyl (C=O) groups is 1. The van der Waals surface area contributed by atoms with Crippen molar-refractivity contribution < 1.29 is 14.3 Å². The summed E-state index contributed by atoms with van der Waals surface area (Å²) in [5.41, 5.74) is 6.51. The van der Waals surface area contributed by atoms with Crippen molar-refractivity contribution in [2.24, 2.45) is 0 Å². The summed E-state index contributed by atoms with van der Waals surface area (Å²) in [6.07, 6.45) is 7.82. The van der Waals surface area contributed by atoms with Crippen LogP contribution in [0.3, 0.4) is 0 Å². The lowest BCUT2D eigenvalue weighted by Crippen LogP contribution is -2.58. The molecule has 2 aromatic rings. The Balaban J connectivity index is 1.32. The number of anilines is 2. The SMILES string of the molecule is CCN1CCN(C2(OC)C=CC=C(NC(=O)Nc3ccc(Oc4cc(N)ncn4)cc3)C2)CC1. The van der Waals surface area contributed by atoms with Crippen molar-refractivity contribution in [3.63, 3.8) is 0 Å². The van der Waals surface area contributed by atoms with E-state index in [4.69, 9.17) is 15.2 Å². The number of aromatic nitrogens is 2. The Labute approximate surface area is 199 Å². The average Bonchev–Trinajstić information content (AvgIpc) is 2.85. The Hall–Kier alpha value is -3.47. The van der Waals surface area contributed by atoms with Crippen molar-refractivity contribution in [1.82, 2.24) is 25.1 Å². The van der Waals surface area contributed by atoms with Gasteiger partial charge in [0.1, 0.15) is 23.6 Å². The molecule has 2 amide bonds. The molecule has 0 bridgehead atoms. The van der Waals surface area contributed by atoms with Gasteiger partial charge in [0.15, 0.2) is 0 Å². The number of allylic oxidation sites excluding steroid dienone is 2. The van der Waals surface area contributed by atoms with E-state index in [0.717, 1.165) is 38.4 Å². The Kier molecular flexibility index (Phi) is 7.41. The quantitative estimate of drug-likeness (QED) is 0.571. The molecule has 1 aromatic heterocycles. The monoisotopic (exact) mass is 465 g/mol. The zero-order valence-electron chi connectivity index (χ0n) is 19.5. The fourth-order valence-corrected chi connectivity index (χ4v) is 4.16. The molecule has 1 fully saturated rings. The molecule has 180 valence electrons. The molecular formula is C24H31N7O3. The number of hydrogen-bond acceptors (Lipinski definition) is 8. The summed E-state index contributed by atoms with van der Waals surface area (Å²) in [4.78, 5) is 25.3. The number of nitrogen functional groups attached to an aromatic ring is 1. The standard InChI is InChI=1S/C24H31N7O3/c1-3-30-11-13-31(14-12-30)24(33-2)10-4-5-19(16-24)29-23(32)28-18-6-8-20(9-7-18)34-22-15-21(25)26-17-27-22/h4-10,15,17H,3,11-14,16H2,1-2H3,(H2,25,26,27)(H2,28,29,32). The highest BCUT2D eigenvalue weighted by atomic mass is 16.5. The number of ether oxygens (including phenoxy) is 2. The van der Waals surface area contributed by atoms with Gasteiger partial charge in [-0.1, -0.05) is 13.0 Å². The maximum Gasteiger partial charge on any atom is 0.323 e. The minimum atomic E-state index is -0.555. The van der Waals surface area contributed by atoms with Gasteiger partial charge in [-0.15, -0.1) is 0 Å². The van der Waals surface area contributed by atoms with Gasteiger partial charge in [0.2, 0.25) is 5.88 Å². The number of nitrogens with two attached hydrogens (primary N) is 1. The first-order valence-corrected chi connectivity index (χ1v) is 11.3. The van der Waals surface area contributed by atoms with Crippen LogP contribution in [0.4, 0.5) is 16.3 Å². The summed E-state index contributed by atoms with van der Waals surface area (Å²) < 4.78 is 11.6. The number of nitrogens with zero attached hydrogens (tertiary/aromatic N) is 4. The molecule has 1 aliphatic carbocycles. The summed E-state index contributed by atoms with van der Waals surface area (Å²) in [5, 5.41) is 5.81. The Bertz CT molecular complexity index is 1050. The van der Waals surface area contributed by atoms with Gasteiger partial charge in [-0.05, 0) is 43.0 Å². The number of nitrogens with one attached hydrogen (secondary N) is 2. The smallest absolute Gasteiger partial charge is 0.323 e. The third kappa shape index (κ3) is 5.71. The maximum absolute atomic E-state index is 12.6. The molecule has 1 aliphatic heterocycles. The van der Waals surface area contributed by atoms with Crippen molar-refractivity contribution in [2.45, 2.75) is 19.1 Å². The van der Waals surface area contributed by atoms with Crippen molar-refractivity contribution in [1.29, 1.82) is 0 Å². The van der Waals surface area contributed by atoms with Gasteiger partial charge in [0.05, 0.1) is 0 Å². The summed E-state index contributed by atoms with van der Waals surface area (Å²) in [6.45, 7) is 7.09. The molecule has 10 nitrogen and oxygen atoms in total. The van der Waals surface area contributed by atoms with Gasteiger partial charge in [-0.25, -0.2) is 14.8 Å². The van der Waals surface area contributed by atoms with E-state index in [0.29, 0.717) is 29.6 Å². The van der Waals surface area contributed by atoms with Crippen molar-refractivity contribution in [3.05, 3.63) is 60.6 Å². The zero-order chi connectivity index (χ0) is 24.0. The molecule has 0 saturated carbocycles. The van der Waals surface area contributed by atoms with Gasteiger partial charge < -0.3 is 30.7 Å². The molecule has 2 aliphatic rings. The first-order chi connectivity index (χ1) is 16.5. The minimum absolute atomic E-state index is 0.320. The second-order valence-electron chi connectivity index (χ2n) is 8.18. The Morgan fingerprint density at radius 2 is 1.91 bits per heavy atom. The molecule has 0 radical (unpaired) electrons. The molecule has 1 unspecified atom stereocenters. The van der Waals surface area contributed by atoms with Crippen molar-refractivity contribution >= 4 is 17.5 Å². The van der Waals surface area contributed by atoms with Crippen LogP contribution in [-0.2, 0) is 4.74 Å². The zero-order valence-corrected chi connectivity index (χ0v) is 19.5. The third-order valence-electron chi connectivity index (χ3n) is 6.08. The fourth-order valence-electron chi connectivity index (χ4n) is 4.16. The van der Waals surface area contributed by atoms with Gasteiger partial charge >= 0.3 is 6.03 Å². The van der Waals surface area contributed by atoms with E-state index in [1.54, 1.807) is 31.4 Å². The molecule has 34 heavy (non-hydrogen) atoms. The van der Waals surface area contributed by atoms with E-state index in [2.05, 4.69) is 43.4 Å². The molecule has 1 aromatic carbocycles. The second-order valence-corrected chi connectivity index (χ2v) is 8.18. The van der Waals surface area contributed by atoms with Crippen LogP contribution in [0.25, 0.3) is 0 Å². The second kappa shape index (κ2) is 10.6. The van der Waals surface area contributed by atoms with E-state index >= 15 is 0 Å². The maximum atomic E-state index is 12.6. The molecule has 4 rings (SSSR count). The number of methoxy groups -OCH3 is 1. The number of benzene rings is 1. The lowest BCUT2D eigenvalue weighted by Gasteiger charge is -2.46. The highest BCUT2D eigenvalue weighted by Gasteiger charge is 2.38. The third-order valence-corrected chi connectivity index (χ3v) is 6.08. The summed E-state index contributed by atoms with van der Waals surface area (Å²) >= 11 is 0. The average molecular weight is 466 g/mol. The fraction of sp³-hybridized carbons (Fsp3) is 0.375. The van der Waals surface area contributed by atoms with Crippen LogP contribution < -0.4 is 21.1 Å². The lowest BCUT2D eigenvalue weighted by molar-refractivity contribution is -0.114. The highest BCUT2D eigenvalue weighted by molar-refractivity contribution is 5.90. The van der Waals surface area contributed by atoms with Crippen LogP contribution in [0.5, 0.6) is 11.6 Å². The number of rotatable bonds is 7. The van der Waals surface area contributed by atoms with E-state index in [1.165, 1.54) is 12.4 Å². The molecule has 2 heterocycles. The summed E-state index contributed by atoms with van der Waals surface area (Å²) in [6, 6.07) is 8.20. The van der Waals surface area contributed by atoms with E-state index in [9.17, 15) is 4.79 Å². The number of likely N-dealkylation sites (N-methyl/N-ethyl adjacent to an activating group) is 1. The largest absolute Gasteiger partial charge is 0.439 e. The van der Waals surface area contributed by atoms with Gasteiger partial charge in [0.25, 0.3) is 0 Å². The molecule has 4 N–H and O–H groups in total. The van der Waals surface area contributed by atoms with Crippen LogP contribution in [-0.4, -0.2) is 71.4 Å². The summed E-state index contributed by atoms with van der Waals surface area (Å²) in [5.74, 6) is 1.24. The van der Waals surface area contributed by atoms with E-state index < -0.39 is 5.72 Å². The first-order valence-electron chi connectivity index (χ1n) is 11.3. The van der Waals surface area contributed by atoms with Gasteiger partial charge in [-0.3, -0.25) is 4.90 Å². The van der Waals surface area contributed by atoms with Crippen molar-refractivity contribution in [2.75, 3.05) is 50.9 Å².